The van der Waals surface area contributed by atoms with E-state index in [1.54, 1.807) is 10.4 Å². The first-order chi connectivity index (χ1) is 10.6. The molecule has 1 fully saturated rings. The second kappa shape index (κ2) is 6.13. The lowest BCUT2D eigenvalue weighted by atomic mass is 10.2. The van der Waals surface area contributed by atoms with Gasteiger partial charge in [0.15, 0.2) is 0 Å². The zero-order valence-electron chi connectivity index (χ0n) is 12.8. The fraction of sp³-hybridized carbons (Fsp3) is 0.571. The highest BCUT2D eigenvalue weighted by molar-refractivity contribution is 7.11. The maximum atomic E-state index is 12.8. The van der Waals surface area contributed by atoms with Gasteiger partial charge in [-0.05, 0) is 6.92 Å². The number of carbonyl (C=O) groups is 1. The molecule has 1 aliphatic rings. The van der Waals surface area contributed by atoms with Gasteiger partial charge in [0.1, 0.15) is 10.9 Å². The molecule has 8 heteroatoms. The number of aryl methyl sites for hydroxylation is 1. The largest absolute Gasteiger partial charge is 0.423 e. The summed E-state index contributed by atoms with van der Waals surface area (Å²) in [4.78, 5) is 19.3. The van der Waals surface area contributed by atoms with E-state index in [1.807, 2.05) is 20.8 Å². The van der Waals surface area contributed by atoms with Crippen LogP contribution >= 0.6 is 11.3 Å². The van der Waals surface area contributed by atoms with Crippen LogP contribution in [0.4, 0.5) is 0 Å². The quantitative estimate of drug-likeness (QED) is 0.861. The normalized spacial score (nSPS) is 18.9. The zero-order chi connectivity index (χ0) is 15.7. The van der Waals surface area contributed by atoms with Gasteiger partial charge >= 0.3 is 0 Å². The molecule has 118 valence electrons. The van der Waals surface area contributed by atoms with Crippen LogP contribution in [0.25, 0.3) is 0 Å². The molecule has 0 aromatic carbocycles. The van der Waals surface area contributed by atoms with Crippen molar-refractivity contribution in [2.75, 3.05) is 19.8 Å². The van der Waals surface area contributed by atoms with Crippen molar-refractivity contribution in [3.8, 4) is 0 Å². The van der Waals surface area contributed by atoms with Gasteiger partial charge in [-0.15, -0.1) is 21.5 Å². The molecule has 3 rings (SSSR count). The van der Waals surface area contributed by atoms with Crippen molar-refractivity contribution >= 4 is 17.2 Å². The molecule has 3 heterocycles. The Morgan fingerprint density at radius 1 is 1.45 bits per heavy atom. The maximum absolute atomic E-state index is 12.8. The molecule has 0 unspecified atom stereocenters. The van der Waals surface area contributed by atoms with Crippen molar-refractivity contribution in [1.82, 2.24) is 20.1 Å². The number of thiazole rings is 1. The van der Waals surface area contributed by atoms with Gasteiger partial charge in [-0.25, -0.2) is 4.98 Å². The molecule has 7 nitrogen and oxygen atoms in total. The Hall–Kier alpha value is -1.80. The van der Waals surface area contributed by atoms with Gasteiger partial charge in [0.05, 0.1) is 24.4 Å². The highest BCUT2D eigenvalue weighted by atomic mass is 32.1. The van der Waals surface area contributed by atoms with Gasteiger partial charge < -0.3 is 14.1 Å². The summed E-state index contributed by atoms with van der Waals surface area (Å²) in [6, 6.07) is -0.345. The number of carbonyl (C=O) groups excluding carboxylic acids is 1. The number of hydrogen-bond donors (Lipinski definition) is 0. The summed E-state index contributed by atoms with van der Waals surface area (Å²) in [6.07, 6.45) is 0. The summed E-state index contributed by atoms with van der Waals surface area (Å²) < 4.78 is 11.2. The molecular weight excluding hydrogens is 304 g/mol. The van der Waals surface area contributed by atoms with Crippen LogP contribution in [0.3, 0.4) is 0 Å². The van der Waals surface area contributed by atoms with E-state index in [-0.39, 0.29) is 17.9 Å². The van der Waals surface area contributed by atoms with E-state index in [1.165, 1.54) is 11.3 Å². The number of aromatic nitrogens is 3. The Balaban J connectivity index is 1.87. The number of amides is 1. The lowest BCUT2D eigenvalue weighted by Gasteiger charge is -2.33. The van der Waals surface area contributed by atoms with Crippen molar-refractivity contribution in [2.24, 2.45) is 0 Å². The molecule has 0 aliphatic carbocycles. The first-order valence-corrected chi connectivity index (χ1v) is 8.08. The SMILES string of the molecule is Cc1ncsc1C(=O)N1CCOC[C@@H]1c1nnc(C(C)C)o1. The highest BCUT2D eigenvalue weighted by Gasteiger charge is 2.34. The van der Waals surface area contributed by atoms with E-state index >= 15 is 0 Å². The molecule has 0 spiro atoms. The molecule has 1 atom stereocenters. The van der Waals surface area contributed by atoms with Crippen LogP contribution in [0, 0.1) is 6.92 Å². The van der Waals surface area contributed by atoms with E-state index < -0.39 is 0 Å². The molecule has 2 aromatic rings. The standard InChI is InChI=1S/C14H18N4O3S/c1-8(2)12-16-17-13(21-12)10-6-20-5-4-18(10)14(19)11-9(3)15-7-22-11/h7-8,10H,4-6H2,1-3H3/t10-/m1/s1. The average molecular weight is 322 g/mol. The second-order valence-electron chi connectivity index (χ2n) is 5.49. The van der Waals surface area contributed by atoms with Crippen molar-refractivity contribution in [1.29, 1.82) is 0 Å². The number of rotatable bonds is 3. The molecule has 0 radical (unpaired) electrons. The van der Waals surface area contributed by atoms with Gasteiger partial charge in [0, 0.05) is 12.5 Å². The van der Waals surface area contributed by atoms with Crippen LogP contribution in [0.15, 0.2) is 9.93 Å². The fourth-order valence-corrected chi connectivity index (χ4v) is 3.06. The fourth-order valence-electron chi connectivity index (χ4n) is 2.30. The van der Waals surface area contributed by atoms with Crippen molar-refractivity contribution in [3.05, 3.63) is 27.9 Å². The number of hydrogen-bond acceptors (Lipinski definition) is 7. The highest BCUT2D eigenvalue weighted by Crippen LogP contribution is 2.28. The Kier molecular flexibility index (Phi) is 4.21. The van der Waals surface area contributed by atoms with Crippen LogP contribution in [-0.2, 0) is 4.74 Å². The van der Waals surface area contributed by atoms with E-state index in [4.69, 9.17) is 9.15 Å². The van der Waals surface area contributed by atoms with E-state index in [0.717, 1.165) is 5.69 Å². The Bertz CT molecular complexity index is 667. The monoisotopic (exact) mass is 322 g/mol. The first-order valence-electron chi connectivity index (χ1n) is 7.20. The molecule has 1 saturated heterocycles. The minimum atomic E-state index is -0.345. The van der Waals surface area contributed by atoms with Crippen LogP contribution in [-0.4, -0.2) is 45.7 Å². The van der Waals surface area contributed by atoms with Gasteiger partial charge in [-0.2, -0.15) is 0 Å². The van der Waals surface area contributed by atoms with Crippen molar-refractivity contribution in [3.63, 3.8) is 0 Å². The third-order valence-electron chi connectivity index (χ3n) is 3.56. The Morgan fingerprint density at radius 2 is 2.27 bits per heavy atom. The van der Waals surface area contributed by atoms with Gasteiger partial charge in [0.25, 0.3) is 5.91 Å². The lowest BCUT2D eigenvalue weighted by molar-refractivity contribution is -0.0105. The van der Waals surface area contributed by atoms with E-state index in [2.05, 4.69) is 15.2 Å². The minimum absolute atomic E-state index is 0.0578. The Morgan fingerprint density at radius 3 is 2.91 bits per heavy atom. The van der Waals surface area contributed by atoms with Gasteiger partial charge in [-0.3, -0.25) is 4.79 Å². The third-order valence-corrected chi connectivity index (χ3v) is 4.48. The smallest absolute Gasteiger partial charge is 0.266 e. The summed E-state index contributed by atoms with van der Waals surface area (Å²) >= 11 is 1.35. The summed E-state index contributed by atoms with van der Waals surface area (Å²) in [5.41, 5.74) is 2.43. The Labute approximate surface area is 132 Å². The predicted octanol–water partition coefficient (Wildman–Crippen LogP) is 2.17. The van der Waals surface area contributed by atoms with Crippen LogP contribution in [0.1, 0.15) is 53.0 Å². The molecule has 22 heavy (non-hydrogen) atoms. The molecule has 0 saturated carbocycles. The van der Waals surface area contributed by atoms with Gasteiger partial charge in [-0.1, -0.05) is 13.8 Å². The lowest BCUT2D eigenvalue weighted by Crippen LogP contribution is -2.43. The third kappa shape index (κ3) is 2.76. The number of ether oxygens (including phenoxy) is 1. The molecule has 0 bridgehead atoms. The van der Waals surface area contributed by atoms with Crippen LogP contribution in [0.2, 0.25) is 0 Å². The van der Waals surface area contributed by atoms with Gasteiger partial charge in [0.2, 0.25) is 11.8 Å². The second-order valence-corrected chi connectivity index (χ2v) is 6.34. The average Bonchev–Trinajstić information content (AvgIpc) is 3.15. The van der Waals surface area contributed by atoms with Crippen molar-refractivity contribution < 1.29 is 13.9 Å². The zero-order valence-corrected chi connectivity index (χ0v) is 13.6. The van der Waals surface area contributed by atoms with Crippen LogP contribution < -0.4 is 0 Å². The summed E-state index contributed by atoms with van der Waals surface area (Å²) in [5.74, 6) is 1.09. The molecule has 1 aliphatic heterocycles. The summed E-state index contributed by atoms with van der Waals surface area (Å²) in [7, 11) is 0. The molecule has 0 N–H and O–H groups in total. The van der Waals surface area contributed by atoms with E-state index in [0.29, 0.717) is 36.4 Å². The minimum Gasteiger partial charge on any atom is -0.423 e. The topological polar surface area (TPSA) is 81.4 Å². The first kappa shape index (κ1) is 15.1. The maximum Gasteiger partial charge on any atom is 0.266 e. The predicted molar refractivity (Wildman–Crippen MR) is 79.8 cm³/mol. The van der Waals surface area contributed by atoms with E-state index in [9.17, 15) is 4.79 Å². The summed E-state index contributed by atoms with van der Waals surface area (Å²) in [5, 5.41) is 8.14. The molecule has 2 aromatic heterocycles. The number of nitrogens with zero attached hydrogens (tertiary/aromatic N) is 4. The molecule has 1 amide bonds. The van der Waals surface area contributed by atoms with Crippen molar-refractivity contribution in [2.45, 2.75) is 32.7 Å². The molecular formula is C14H18N4O3S. The van der Waals surface area contributed by atoms with Crippen LogP contribution in [0.5, 0.6) is 0 Å². The number of morpholine rings is 1. The summed E-state index contributed by atoms with van der Waals surface area (Å²) in [6.45, 7) is 7.17.